The lowest BCUT2D eigenvalue weighted by molar-refractivity contribution is -0.231. The molecule has 0 aromatic heterocycles. The van der Waals surface area contributed by atoms with Crippen molar-refractivity contribution < 1.29 is 28.5 Å². The summed E-state index contributed by atoms with van der Waals surface area (Å²) < 4.78 is 19.3. The highest BCUT2D eigenvalue weighted by molar-refractivity contribution is 7.32. The molecule has 94 valence electrons. The molecule has 0 spiro atoms. The number of hydrogen-bond acceptors (Lipinski definition) is 5. The molecule has 0 fully saturated rings. The van der Waals surface area contributed by atoms with Crippen LogP contribution in [0.25, 0.3) is 6.08 Å². The van der Waals surface area contributed by atoms with Gasteiger partial charge in [-0.1, -0.05) is 36.4 Å². The van der Waals surface area contributed by atoms with Gasteiger partial charge in [-0.15, -0.1) is 0 Å². The largest absolute Gasteiger partial charge is 0.352 e. The van der Waals surface area contributed by atoms with Gasteiger partial charge in [0.15, 0.2) is 9.03 Å². The summed E-state index contributed by atoms with van der Waals surface area (Å²) in [5.74, 6) is -2.41. The molecule has 1 aromatic rings. The molecule has 0 saturated carbocycles. The van der Waals surface area contributed by atoms with E-state index in [2.05, 4.69) is 9.05 Å². The summed E-state index contributed by atoms with van der Waals surface area (Å²) in [5, 5.41) is 9.62. The second-order valence-electron chi connectivity index (χ2n) is 2.94. The zero-order valence-electron chi connectivity index (χ0n) is 8.61. The number of benzene rings is 1. The van der Waals surface area contributed by atoms with Gasteiger partial charge in [0.2, 0.25) is 0 Å². The van der Waals surface area contributed by atoms with Crippen LogP contribution < -0.4 is 0 Å². The van der Waals surface area contributed by atoms with E-state index in [-0.39, 0.29) is 0 Å². The Morgan fingerprint density at radius 2 is 2.00 bits per heavy atom. The minimum absolute atomic E-state index is 0.733. The molecule has 0 aliphatic rings. The molecule has 17 heavy (non-hydrogen) atoms. The van der Waals surface area contributed by atoms with Gasteiger partial charge in [-0.3, -0.25) is 9.09 Å². The molecule has 0 amide bonds. The zero-order chi connectivity index (χ0) is 12.7. The molecule has 3 atom stereocenters. The first-order valence-corrected chi connectivity index (χ1v) is 6.63. The summed E-state index contributed by atoms with van der Waals surface area (Å²) in [6.45, 7) is 0. The van der Waals surface area contributed by atoms with Gasteiger partial charge in [-0.25, -0.2) is 4.52 Å². The molecule has 0 aliphatic heterocycles. The molecule has 3 unspecified atom stereocenters. The monoisotopic (exact) mass is 278 g/mol. The molecule has 8 heteroatoms. The fourth-order valence-corrected chi connectivity index (χ4v) is 1.73. The average molecular weight is 278 g/mol. The minimum Gasteiger partial charge on any atom is -0.352 e. The normalized spacial score (nSPS) is 17.6. The molecular weight excluding hydrogens is 266 g/mol. The summed E-state index contributed by atoms with van der Waals surface area (Å²) in [4.78, 5) is 17.2. The first-order valence-electron chi connectivity index (χ1n) is 4.51. The van der Waals surface area contributed by atoms with Gasteiger partial charge in [-0.05, 0) is 5.56 Å². The van der Waals surface area contributed by atoms with Crippen molar-refractivity contribution in [3.63, 3.8) is 0 Å². The van der Waals surface area contributed by atoms with Crippen LogP contribution >= 0.6 is 17.3 Å². The Balaban J connectivity index is 2.79. The molecule has 1 aromatic carbocycles. The zero-order valence-corrected chi connectivity index (χ0v) is 10.6. The molecule has 0 heterocycles. The van der Waals surface area contributed by atoms with Crippen LogP contribution in [-0.2, 0) is 13.6 Å². The second-order valence-corrected chi connectivity index (χ2v) is 4.06. The van der Waals surface area contributed by atoms with Crippen LogP contribution in [0.2, 0.25) is 0 Å². The Labute approximate surface area is 100 Å². The van der Waals surface area contributed by atoms with Crippen LogP contribution in [0.3, 0.4) is 0 Å². The Morgan fingerprint density at radius 1 is 1.35 bits per heavy atom. The van der Waals surface area contributed by atoms with E-state index in [4.69, 9.17) is 9.79 Å². The third kappa shape index (κ3) is 5.52. The van der Waals surface area contributed by atoms with E-state index in [1.165, 1.54) is 6.08 Å². The lowest BCUT2D eigenvalue weighted by atomic mass is 10.2. The molecule has 0 radical (unpaired) electrons. The van der Waals surface area contributed by atoms with Crippen molar-refractivity contribution in [3.8, 4) is 0 Å². The molecule has 1 rings (SSSR count). The van der Waals surface area contributed by atoms with Crippen molar-refractivity contribution in [2.45, 2.75) is 5.97 Å². The summed E-state index contributed by atoms with van der Waals surface area (Å²) in [6, 6.07) is 8.88. The predicted octanol–water partition coefficient (Wildman–Crippen LogP) is 1.26. The maximum absolute atomic E-state index is 10.5. The summed E-state index contributed by atoms with van der Waals surface area (Å²) in [6.07, 6.45) is 2.47. The fraction of sp³-hybridized carbons (Fsp3) is 0.111. The Morgan fingerprint density at radius 3 is 2.53 bits per heavy atom. The van der Waals surface area contributed by atoms with Gasteiger partial charge in [-0.2, -0.15) is 0 Å². The lowest BCUT2D eigenvalue weighted by Gasteiger charge is -2.20. The van der Waals surface area contributed by atoms with Crippen molar-refractivity contribution in [3.05, 3.63) is 42.0 Å². The minimum atomic E-state index is -3.40. The Bertz CT molecular complexity index is 396. The Hall–Kier alpha value is -0.580. The van der Waals surface area contributed by atoms with E-state index in [1.54, 1.807) is 24.3 Å². The topological polar surface area (TPSA) is 96.2 Å². The summed E-state index contributed by atoms with van der Waals surface area (Å²) >= 11 is 0. The van der Waals surface area contributed by atoms with E-state index in [0.29, 0.717) is 0 Å². The van der Waals surface area contributed by atoms with Crippen molar-refractivity contribution in [1.29, 1.82) is 0 Å². The molecule has 6 nitrogen and oxygen atoms in total. The standard InChI is InChI=1S/C9H12O6P2/c10-9(14-16-11,15-17(12)13)7-6-8-4-2-1-3-5-8/h1-7,10-11,16-17H,(H,12,13). The van der Waals surface area contributed by atoms with E-state index in [9.17, 15) is 9.67 Å². The third-order valence-corrected chi connectivity index (χ3v) is 2.56. The van der Waals surface area contributed by atoms with Crippen molar-refractivity contribution in [1.82, 2.24) is 0 Å². The quantitative estimate of drug-likeness (QED) is 0.535. The van der Waals surface area contributed by atoms with Crippen LogP contribution in [0.15, 0.2) is 36.4 Å². The number of aliphatic hydroxyl groups is 1. The first-order chi connectivity index (χ1) is 8.06. The highest BCUT2D eigenvalue weighted by Gasteiger charge is 2.28. The van der Waals surface area contributed by atoms with Crippen LogP contribution in [0.5, 0.6) is 0 Å². The molecule has 0 aliphatic carbocycles. The maximum atomic E-state index is 10.5. The highest BCUT2D eigenvalue weighted by Crippen LogP contribution is 2.31. The molecule has 0 bridgehead atoms. The van der Waals surface area contributed by atoms with Crippen molar-refractivity contribution in [2.75, 3.05) is 0 Å². The van der Waals surface area contributed by atoms with Crippen molar-refractivity contribution >= 4 is 23.4 Å². The SMILES string of the molecule is O=[PH](O)OC(O)(C=Cc1ccccc1)OPO. The first kappa shape index (κ1) is 14.5. The van der Waals surface area contributed by atoms with Crippen LogP contribution in [0.4, 0.5) is 0 Å². The van der Waals surface area contributed by atoms with E-state index in [0.717, 1.165) is 11.6 Å². The molecule has 3 N–H and O–H groups in total. The summed E-state index contributed by atoms with van der Waals surface area (Å²) in [5.41, 5.74) is 0.733. The van der Waals surface area contributed by atoms with Gasteiger partial charge < -0.3 is 14.9 Å². The van der Waals surface area contributed by atoms with Crippen LogP contribution in [0, 0.1) is 0 Å². The number of hydrogen-bond donors (Lipinski definition) is 3. The van der Waals surface area contributed by atoms with E-state index >= 15 is 0 Å². The molecular formula is C9H12O6P2. The van der Waals surface area contributed by atoms with Gasteiger partial charge in [0.1, 0.15) is 0 Å². The predicted molar refractivity (Wildman–Crippen MR) is 64.3 cm³/mol. The smallest absolute Gasteiger partial charge is 0.321 e. The van der Waals surface area contributed by atoms with Crippen LogP contribution in [-0.4, -0.2) is 20.9 Å². The van der Waals surface area contributed by atoms with Gasteiger partial charge >= 0.3 is 14.2 Å². The maximum Gasteiger partial charge on any atom is 0.321 e. The average Bonchev–Trinajstić information content (AvgIpc) is 2.27. The van der Waals surface area contributed by atoms with E-state index < -0.39 is 23.3 Å². The Kier molecular flexibility index (Phi) is 5.95. The van der Waals surface area contributed by atoms with Gasteiger partial charge in [0.25, 0.3) is 0 Å². The van der Waals surface area contributed by atoms with Gasteiger partial charge in [0.05, 0.1) is 0 Å². The van der Waals surface area contributed by atoms with E-state index in [1.807, 2.05) is 6.07 Å². The second kappa shape index (κ2) is 6.99. The van der Waals surface area contributed by atoms with Crippen molar-refractivity contribution in [2.24, 2.45) is 0 Å². The fourth-order valence-electron chi connectivity index (χ4n) is 1.05. The number of rotatable bonds is 6. The molecule has 0 saturated heterocycles. The van der Waals surface area contributed by atoms with Gasteiger partial charge in [0, 0.05) is 6.08 Å². The highest BCUT2D eigenvalue weighted by atomic mass is 31.1. The van der Waals surface area contributed by atoms with Crippen LogP contribution in [0.1, 0.15) is 5.56 Å². The third-order valence-electron chi connectivity index (χ3n) is 1.71. The lowest BCUT2D eigenvalue weighted by Crippen LogP contribution is -2.27. The summed E-state index contributed by atoms with van der Waals surface area (Å²) in [7, 11) is -4.48.